The Morgan fingerprint density at radius 1 is 1.00 bits per heavy atom. The molecule has 1 heterocycles. The van der Waals surface area contributed by atoms with Crippen LogP contribution in [0.15, 0.2) is 42.5 Å². The molecule has 2 aromatic rings. The fraction of sp³-hybridized carbons (Fsp3) is 0.286. The van der Waals surface area contributed by atoms with Crippen LogP contribution in [0.1, 0.15) is 19.5 Å². The zero-order valence-electron chi connectivity index (χ0n) is 9.33. The summed E-state index contributed by atoms with van der Waals surface area (Å²) >= 11 is 0. The SMILES string of the molecule is CC(C)Cc1ccc(-c2ccccc2)[nH]1. The number of hydrogen-bond donors (Lipinski definition) is 1. The van der Waals surface area contributed by atoms with Crippen molar-refractivity contribution in [3.05, 3.63) is 48.2 Å². The van der Waals surface area contributed by atoms with E-state index in [1.54, 1.807) is 0 Å². The summed E-state index contributed by atoms with van der Waals surface area (Å²) in [6.07, 6.45) is 1.12. The molecule has 0 fully saturated rings. The van der Waals surface area contributed by atoms with Crippen molar-refractivity contribution in [1.29, 1.82) is 0 Å². The van der Waals surface area contributed by atoms with Crippen molar-refractivity contribution in [3.63, 3.8) is 0 Å². The highest BCUT2D eigenvalue weighted by Crippen LogP contribution is 2.19. The van der Waals surface area contributed by atoms with Gasteiger partial charge in [0.1, 0.15) is 0 Å². The fourth-order valence-corrected chi connectivity index (χ4v) is 1.79. The Morgan fingerprint density at radius 2 is 1.73 bits per heavy atom. The summed E-state index contributed by atoms with van der Waals surface area (Å²) in [5.74, 6) is 0.701. The average molecular weight is 199 g/mol. The van der Waals surface area contributed by atoms with E-state index in [0.29, 0.717) is 5.92 Å². The summed E-state index contributed by atoms with van der Waals surface area (Å²) in [5.41, 5.74) is 3.79. The largest absolute Gasteiger partial charge is 0.358 e. The van der Waals surface area contributed by atoms with Crippen LogP contribution >= 0.6 is 0 Å². The number of rotatable bonds is 3. The Balaban J connectivity index is 2.21. The van der Waals surface area contributed by atoms with Crippen LogP contribution in [-0.2, 0) is 6.42 Å². The highest BCUT2D eigenvalue weighted by molar-refractivity contribution is 5.59. The summed E-state index contributed by atoms with van der Waals surface area (Å²) in [4.78, 5) is 3.46. The number of aromatic nitrogens is 1. The van der Waals surface area contributed by atoms with Crippen molar-refractivity contribution in [2.45, 2.75) is 20.3 Å². The summed E-state index contributed by atoms with van der Waals surface area (Å²) in [7, 11) is 0. The topological polar surface area (TPSA) is 15.8 Å². The van der Waals surface area contributed by atoms with Crippen molar-refractivity contribution in [2.24, 2.45) is 5.92 Å². The van der Waals surface area contributed by atoms with Gasteiger partial charge in [0.25, 0.3) is 0 Å². The first-order chi connectivity index (χ1) is 7.25. The molecule has 0 saturated carbocycles. The van der Waals surface area contributed by atoms with E-state index in [9.17, 15) is 0 Å². The summed E-state index contributed by atoms with van der Waals surface area (Å²) in [5, 5.41) is 0. The fourth-order valence-electron chi connectivity index (χ4n) is 1.79. The van der Waals surface area contributed by atoms with Gasteiger partial charge in [-0.2, -0.15) is 0 Å². The van der Waals surface area contributed by atoms with Gasteiger partial charge < -0.3 is 4.98 Å². The first kappa shape index (κ1) is 10.0. The quantitative estimate of drug-likeness (QED) is 0.772. The molecule has 0 aliphatic rings. The van der Waals surface area contributed by atoms with Crippen molar-refractivity contribution < 1.29 is 0 Å². The zero-order valence-corrected chi connectivity index (χ0v) is 9.33. The average Bonchev–Trinajstić information content (AvgIpc) is 2.67. The van der Waals surface area contributed by atoms with Crippen molar-refractivity contribution in [1.82, 2.24) is 4.98 Å². The van der Waals surface area contributed by atoms with Crippen LogP contribution < -0.4 is 0 Å². The van der Waals surface area contributed by atoms with Gasteiger partial charge in [-0.15, -0.1) is 0 Å². The summed E-state index contributed by atoms with van der Waals surface area (Å²) in [6, 6.07) is 14.8. The van der Waals surface area contributed by atoms with Gasteiger partial charge in [0.05, 0.1) is 0 Å². The maximum absolute atomic E-state index is 3.46. The van der Waals surface area contributed by atoms with E-state index in [0.717, 1.165) is 6.42 Å². The lowest BCUT2D eigenvalue weighted by molar-refractivity contribution is 0.638. The molecule has 1 N–H and O–H groups in total. The van der Waals surface area contributed by atoms with Crippen LogP contribution in [0, 0.1) is 5.92 Å². The lowest BCUT2D eigenvalue weighted by Crippen LogP contribution is -1.93. The predicted molar refractivity (Wildman–Crippen MR) is 64.8 cm³/mol. The van der Waals surface area contributed by atoms with Gasteiger partial charge in [0.15, 0.2) is 0 Å². The Morgan fingerprint density at radius 3 is 2.40 bits per heavy atom. The third-order valence-corrected chi connectivity index (χ3v) is 2.46. The molecule has 0 bridgehead atoms. The van der Waals surface area contributed by atoms with E-state index >= 15 is 0 Å². The van der Waals surface area contributed by atoms with E-state index in [-0.39, 0.29) is 0 Å². The van der Waals surface area contributed by atoms with Crippen LogP contribution in [0.2, 0.25) is 0 Å². The second kappa shape index (κ2) is 4.35. The molecule has 0 amide bonds. The second-order valence-electron chi connectivity index (χ2n) is 4.36. The Labute approximate surface area is 91.2 Å². The number of hydrogen-bond acceptors (Lipinski definition) is 0. The van der Waals surface area contributed by atoms with Crippen LogP contribution in [0.25, 0.3) is 11.3 Å². The van der Waals surface area contributed by atoms with Crippen molar-refractivity contribution in [3.8, 4) is 11.3 Å². The third kappa shape index (κ3) is 2.50. The Bertz CT molecular complexity index is 412. The van der Waals surface area contributed by atoms with E-state index in [1.165, 1.54) is 17.0 Å². The molecule has 1 nitrogen and oxygen atoms in total. The Kier molecular flexibility index (Phi) is 2.91. The van der Waals surface area contributed by atoms with Gasteiger partial charge in [-0.05, 0) is 30.0 Å². The smallest absolute Gasteiger partial charge is 0.0456 e. The molecule has 0 aliphatic heterocycles. The molecule has 0 unspecified atom stereocenters. The molecule has 1 heteroatoms. The minimum absolute atomic E-state index is 0.701. The van der Waals surface area contributed by atoms with Crippen LogP contribution in [-0.4, -0.2) is 4.98 Å². The van der Waals surface area contributed by atoms with E-state index in [1.807, 2.05) is 6.07 Å². The van der Waals surface area contributed by atoms with Crippen molar-refractivity contribution in [2.75, 3.05) is 0 Å². The molecule has 15 heavy (non-hydrogen) atoms. The Hall–Kier alpha value is -1.50. The lowest BCUT2D eigenvalue weighted by atomic mass is 10.1. The molecule has 0 spiro atoms. The molecule has 1 aromatic carbocycles. The highest BCUT2D eigenvalue weighted by atomic mass is 14.7. The first-order valence-electron chi connectivity index (χ1n) is 5.49. The van der Waals surface area contributed by atoms with Crippen molar-refractivity contribution >= 4 is 0 Å². The molecular weight excluding hydrogens is 182 g/mol. The maximum Gasteiger partial charge on any atom is 0.0456 e. The molecule has 0 radical (unpaired) electrons. The number of aromatic amines is 1. The normalized spacial score (nSPS) is 10.9. The molecule has 0 saturated heterocycles. The summed E-state index contributed by atoms with van der Waals surface area (Å²) in [6.45, 7) is 4.48. The van der Waals surface area contributed by atoms with Gasteiger partial charge >= 0.3 is 0 Å². The predicted octanol–water partition coefficient (Wildman–Crippen LogP) is 3.88. The van der Waals surface area contributed by atoms with Crippen LogP contribution in [0.4, 0.5) is 0 Å². The molecule has 78 valence electrons. The molecule has 0 atom stereocenters. The highest BCUT2D eigenvalue weighted by Gasteiger charge is 2.02. The molecule has 1 aromatic heterocycles. The third-order valence-electron chi connectivity index (χ3n) is 2.46. The van der Waals surface area contributed by atoms with E-state index < -0.39 is 0 Å². The van der Waals surface area contributed by atoms with Gasteiger partial charge in [0, 0.05) is 11.4 Å². The maximum atomic E-state index is 3.46. The van der Waals surface area contributed by atoms with E-state index in [4.69, 9.17) is 0 Å². The molecular formula is C14H17N. The van der Waals surface area contributed by atoms with Crippen LogP contribution in [0.5, 0.6) is 0 Å². The van der Waals surface area contributed by atoms with Gasteiger partial charge in [-0.1, -0.05) is 44.2 Å². The molecule has 0 aliphatic carbocycles. The van der Waals surface area contributed by atoms with Gasteiger partial charge in [0.2, 0.25) is 0 Å². The first-order valence-corrected chi connectivity index (χ1v) is 5.49. The zero-order chi connectivity index (χ0) is 10.7. The molecule has 2 rings (SSSR count). The number of H-pyrrole nitrogens is 1. The monoisotopic (exact) mass is 199 g/mol. The minimum Gasteiger partial charge on any atom is -0.358 e. The second-order valence-corrected chi connectivity index (χ2v) is 4.36. The van der Waals surface area contributed by atoms with Gasteiger partial charge in [-0.3, -0.25) is 0 Å². The van der Waals surface area contributed by atoms with Crippen LogP contribution in [0.3, 0.4) is 0 Å². The minimum atomic E-state index is 0.701. The lowest BCUT2D eigenvalue weighted by Gasteiger charge is -2.01. The number of benzene rings is 1. The standard InChI is InChI=1S/C14H17N/c1-11(2)10-13-8-9-14(15-13)12-6-4-3-5-7-12/h3-9,11,15H,10H2,1-2H3. The van der Waals surface area contributed by atoms with Gasteiger partial charge in [-0.25, -0.2) is 0 Å². The summed E-state index contributed by atoms with van der Waals surface area (Å²) < 4.78 is 0. The van der Waals surface area contributed by atoms with E-state index in [2.05, 4.69) is 55.2 Å². The number of nitrogens with one attached hydrogen (secondary N) is 1.